The molecule has 2 nitrogen and oxygen atoms in total. The third kappa shape index (κ3) is 5.08. The lowest BCUT2D eigenvalue weighted by molar-refractivity contribution is -0.0365. The van der Waals surface area contributed by atoms with Gasteiger partial charge in [0, 0.05) is 6.61 Å². The van der Waals surface area contributed by atoms with Gasteiger partial charge in [-0.1, -0.05) is 39.8 Å². The zero-order valence-corrected chi connectivity index (χ0v) is 14.3. The second-order valence-corrected chi connectivity index (χ2v) is 6.68. The molecule has 3 heteroatoms. The van der Waals surface area contributed by atoms with Gasteiger partial charge >= 0.3 is 0 Å². The molecule has 2 atom stereocenters. The molecule has 120 valence electrons. The molecule has 0 heterocycles. The van der Waals surface area contributed by atoms with Crippen LogP contribution < -0.4 is 5.32 Å². The lowest BCUT2D eigenvalue weighted by Gasteiger charge is -2.37. The van der Waals surface area contributed by atoms with Gasteiger partial charge in [0.2, 0.25) is 0 Å². The Morgan fingerprint density at radius 2 is 1.90 bits per heavy atom. The predicted molar refractivity (Wildman–Crippen MR) is 87.0 cm³/mol. The minimum Gasteiger partial charge on any atom is -0.376 e. The lowest BCUT2D eigenvalue weighted by Crippen LogP contribution is -2.42. The summed E-state index contributed by atoms with van der Waals surface area (Å²) in [7, 11) is 0. The van der Waals surface area contributed by atoms with Crippen molar-refractivity contribution in [3.8, 4) is 0 Å². The minimum atomic E-state index is -0.156. The van der Waals surface area contributed by atoms with Gasteiger partial charge in [0.1, 0.15) is 5.82 Å². The van der Waals surface area contributed by atoms with Crippen molar-refractivity contribution in [3.63, 3.8) is 0 Å². The maximum absolute atomic E-state index is 13.5. The molecule has 1 aromatic rings. The first kappa shape index (κ1) is 18.1. The van der Waals surface area contributed by atoms with E-state index >= 15 is 0 Å². The number of ether oxygens (including phenoxy) is 1. The summed E-state index contributed by atoms with van der Waals surface area (Å²) in [4.78, 5) is 0. The van der Waals surface area contributed by atoms with Gasteiger partial charge in [-0.05, 0) is 49.4 Å². The highest BCUT2D eigenvalue weighted by molar-refractivity contribution is 5.27. The molecule has 0 spiro atoms. The van der Waals surface area contributed by atoms with Crippen molar-refractivity contribution >= 4 is 0 Å². The Kier molecular flexibility index (Phi) is 6.82. The van der Waals surface area contributed by atoms with Gasteiger partial charge in [0.25, 0.3) is 0 Å². The quantitative estimate of drug-likeness (QED) is 0.792. The maximum Gasteiger partial charge on any atom is 0.126 e. The van der Waals surface area contributed by atoms with Gasteiger partial charge in [0.05, 0.1) is 12.1 Å². The summed E-state index contributed by atoms with van der Waals surface area (Å²) in [5.41, 5.74) is 1.78. The van der Waals surface area contributed by atoms with Gasteiger partial charge in [-0.3, -0.25) is 0 Å². The second kappa shape index (κ2) is 7.90. The molecule has 1 N–H and O–H groups in total. The average Bonchev–Trinajstić information content (AvgIpc) is 2.40. The topological polar surface area (TPSA) is 21.3 Å². The van der Waals surface area contributed by atoms with E-state index in [1.54, 1.807) is 6.07 Å². The maximum atomic E-state index is 13.5. The molecule has 0 amide bonds. The van der Waals surface area contributed by atoms with Gasteiger partial charge in [0.15, 0.2) is 0 Å². The molecule has 2 unspecified atom stereocenters. The van der Waals surface area contributed by atoms with E-state index in [1.165, 1.54) is 0 Å². The van der Waals surface area contributed by atoms with Crippen molar-refractivity contribution in [2.75, 3.05) is 13.2 Å². The standard InChI is InChI=1S/C18H30FNO/c1-7-11-20-16(17(21-8-2)18(4,5)6)14-9-10-15(19)13(3)12-14/h9-10,12,16-17,20H,7-8,11H2,1-6H3. The highest BCUT2D eigenvalue weighted by atomic mass is 19.1. The minimum absolute atomic E-state index is 0.00368. The van der Waals surface area contributed by atoms with Crippen LogP contribution in [0.2, 0.25) is 0 Å². The number of halogens is 1. The van der Waals surface area contributed by atoms with E-state index in [1.807, 2.05) is 26.0 Å². The predicted octanol–water partition coefficient (Wildman–Crippen LogP) is 4.63. The summed E-state index contributed by atoms with van der Waals surface area (Å²) in [6.45, 7) is 14.1. The van der Waals surface area contributed by atoms with Crippen molar-refractivity contribution in [3.05, 3.63) is 35.1 Å². The average molecular weight is 295 g/mol. The van der Waals surface area contributed by atoms with Crippen LogP contribution in [0.15, 0.2) is 18.2 Å². The van der Waals surface area contributed by atoms with Crippen molar-refractivity contribution in [2.45, 2.75) is 60.1 Å². The molecular weight excluding hydrogens is 265 g/mol. The number of hydrogen-bond acceptors (Lipinski definition) is 2. The number of rotatable bonds is 7. The van der Waals surface area contributed by atoms with Crippen molar-refractivity contribution in [2.24, 2.45) is 5.41 Å². The van der Waals surface area contributed by atoms with Crippen LogP contribution in [0.25, 0.3) is 0 Å². The molecule has 0 aliphatic heterocycles. The summed E-state index contributed by atoms with van der Waals surface area (Å²) in [6, 6.07) is 5.43. The zero-order chi connectivity index (χ0) is 16.0. The third-order valence-corrected chi connectivity index (χ3v) is 3.66. The Morgan fingerprint density at radius 3 is 2.38 bits per heavy atom. The SMILES string of the molecule is CCCNC(c1ccc(F)c(C)c1)C(OCC)C(C)(C)C. The van der Waals surface area contributed by atoms with Crippen LogP contribution in [0.1, 0.15) is 58.2 Å². The van der Waals surface area contributed by atoms with E-state index in [2.05, 4.69) is 33.0 Å². The number of nitrogens with one attached hydrogen (secondary N) is 1. The van der Waals surface area contributed by atoms with E-state index in [9.17, 15) is 4.39 Å². The van der Waals surface area contributed by atoms with Gasteiger partial charge in [-0.15, -0.1) is 0 Å². The Bertz CT molecular complexity index is 439. The first-order valence-electron chi connectivity index (χ1n) is 7.92. The van der Waals surface area contributed by atoms with Crippen molar-refractivity contribution in [1.29, 1.82) is 0 Å². The molecule has 0 aromatic heterocycles. The largest absolute Gasteiger partial charge is 0.376 e. The van der Waals surface area contributed by atoms with E-state index in [0.717, 1.165) is 18.5 Å². The van der Waals surface area contributed by atoms with Crippen LogP contribution in [-0.2, 0) is 4.74 Å². The highest BCUT2D eigenvalue weighted by Gasteiger charge is 2.33. The van der Waals surface area contributed by atoms with Crippen LogP contribution >= 0.6 is 0 Å². The van der Waals surface area contributed by atoms with Crippen LogP contribution in [0, 0.1) is 18.2 Å². The van der Waals surface area contributed by atoms with Gasteiger partial charge in [-0.25, -0.2) is 4.39 Å². The monoisotopic (exact) mass is 295 g/mol. The Labute approximate surface area is 129 Å². The molecule has 1 rings (SSSR count). The van der Waals surface area contributed by atoms with Gasteiger partial charge in [-0.2, -0.15) is 0 Å². The van der Waals surface area contributed by atoms with Crippen LogP contribution in [-0.4, -0.2) is 19.3 Å². The molecule has 0 fully saturated rings. The molecule has 0 saturated heterocycles. The third-order valence-electron chi connectivity index (χ3n) is 3.66. The first-order valence-corrected chi connectivity index (χ1v) is 7.92. The van der Waals surface area contributed by atoms with E-state index in [4.69, 9.17) is 4.74 Å². The molecule has 0 aliphatic rings. The van der Waals surface area contributed by atoms with Crippen molar-refractivity contribution < 1.29 is 9.13 Å². The number of hydrogen-bond donors (Lipinski definition) is 1. The second-order valence-electron chi connectivity index (χ2n) is 6.68. The fourth-order valence-electron chi connectivity index (χ4n) is 2.59. The summed E-state index contributed by atoms with van der Waals surface area (Å²) < 4.78 is 19.6. The molecule has 0 aliphatic carbocycles. The van der Waals surface area contributed by atoms with Crippen molar-refractivity contribution in [1.82, 2.24) is 5.32 Å². The number of benzene rings is 1. The van der Waals surface area contributed by atoms with Crippen LogP contribution in [0.3, 0.4) is 0 Å². The highest BCUT2D eigenvalue weighted by Crippen LogP contribution is 2.33. The van der Waals surface area contributed by atoms with Crippen LogP contribution in [0.4, 0.5) is 4.39 Å². The molecule has 0 saturated carbocycles. The number of aryl methyl sites for hydroxylation is 1. The Balaban J connectivity index is 3.15. The summed E-state index contributed by atoms with van der Waals surface area (Å²) in [6.07, 6.45) is 1.10. The smallest absolute Gasteiger partial charge is 0.126 e. The fourth-order valence-corrected chi connectivity index (χ4v) is 2.59. The summed E-state index contributed by atoms with van der Waals surface area (Å²) in [5, 5.41) is 3.58. The first-order chi connectivity index (χ1) is 9.81. The van der Waals surface area contributed by atoms with Gasteiger partial charge < -0.3 is 10.1 Å². The zero-order valence-electron chi connectivity index (χ0n) is 14.3. The normalized spacial score (nSPS) is 15.0. The molecule has 0 bridgehead atoms. The molecular formula is C18H30FNO. The molecule has 1 aromatic carbocycles. The Morgan fingerprint density at radius 1 is 1.24 bits per heavy atom. The van der Waals surface area contributed by atoms with E-state index < -0.39 is 0 Å². The Hall–Kier alpha value is -0.930. The lowest BCUT2D eigenvalue weighted by atomic mass is 9.81. The summed E-state index contributed by atoms with van der Waals surface area (Å²) >= 11 is 0. The molecule has 0 radical (unpaired) electrons. The van der Waals surface area contributed by atoms with Crippen LogP contribution in [0.5, 0.6) is 0 Å². The molecule has 21 heavy (non-hydrogen) atoms. The summed E-state index contributed by atoms with van der Waals surface area (Å²) in [5.74, 6) is -0.156. The van der Waals surface area contributed by atoms with E-state index in [0.29, 0.717) is 12.2 Å². The fraction of sp³-hybridized carbons (Fsp3) is 0.667. The van der Waals surface area contributed by atoms with E-state index in [-0.39, 0.29) is 23.4 Å².